The lowest BCUT2D eigenvalue weighted by Crippen LogP contribution is -2.38. The average molecular weight is 453 g/mol. The van der Waals surface area contributed by atoms with Gasteiger partial charge in [0, 0.05) is 17.7 Å². The van der Waals surface area contributed by atoms with Gasteiger partial charge in [-0.3, -0.25) is 9.56 Å². The van der Waals surface area contributed by atoms with Gasteiger partial charge in [0.1, 0.15) is 11.6 Å². The van der Waals surface area contributed by atoms with Gasteiger partial charge in [-0.15, -0.1) is 10.2 Å². The van der Waals surface area contributed by atoms with Crippen LogP contribution in [0.1, 0.15) is 34.5 Å². The summed E-state index contributed by atoms with van der Waals surface area (Å²) in [5, 5.41) is 14.5. The van der Waals surface area contributed by atoms with E-state index in [1.165, 1.54) is 0 Å². The van der Waals surface area contributed by atoms with Crippen LogP contribution in [0, 0.1) is 6.92 Å². The van der Waals surface area contributed by atoms with Gasteiger partial charge in [0.15, 0.2) is 12.0 Å². The molecule has 0 spiro atoms. The standard InChI is InChI=1S/C26H24N6O2/c1-17-30-31-25-24(29-26(33)27-16-18-12-14-20(34-2)15-13-18)28-23(19-8-4-3-5-9-19)21-10-6-7-11-22(21)32(17)25/h3-15,24H,16H2,1-2H3,(H2,27,29,33). The molecule has 8 nitrogen and oxygen atoms in total. The van der Waals surface area contributed by atoms with Gasteiger partial charge >= 0.3 is 6.03 Å². The number of aliphatic imine (C=N–C) groups is 1. The largest absolute Gasteiger partial charge is 0.497 e. The van der Waals surface area contributed by atoms with Gasteiger partial charge in [0.2, 0.25) is 0 Å². The van der Waals surface area contributed by atoms with E-state index in [-0.39, 0.29) is 6.03 Å². The Kier molecular flexibility index (Phi) is 5.78. The van der Waals surface area contributed by atoms with E-state index in [4.69, 9.17) is 9.73 Å². The number of aromatic nitrogens is 3. The van der Waals surface area contributed by atoms with E-state index in [1.807, 2.05) is 90.4 Å². The second kappa shape index (κ2) is 9.19. The molecule has 0 saturated heterocycles. The van der Waals surface area contributed by atoms with E-state index in [0.29, 0.717) is 12.4 Å². The highest BCUT2D eigenvalue weighted by Gasteiger charge is 2.28. The number of methoxy groups -OCH3 is 1. The van der Waals surface area contributed by atoms with Crippen LogP contribution in [-0.4, -0.2) is 33.6 Å². The minimum Gasteiger partial charge on any atom is -0.497 e. The summed E-state index contributed by atoms with van der Waals surface area (Å²) in [4.78, 5) is 17.8. The van der Waals surface area contributed by atoms with E-state index in [2.05, 4.69) is 20.8 Å². The van der Waals surface area contributed by atoms with Crippen molar-refractivity contribution in [1.29, 1.82) is 0 Å². The molecule has 0 bridgehead atoms. The van der Waals surface area contributed by atoms with Crippen LogP contribution in [-0.2, 0) is 6.54 Å². The normalized spacial score (nSPS) is 14.3. The average Bonchev–Trinajstić information content (AvgIpc) is 3.20. The summed E-state index contributed by atoms with van der Waals surface area (Å²) in [6.45, 7) is 2.26. The Morgan fingerprint density at radius 1 is 0.971 bits per heavy atom. The van der Waals surface area contributed by atoms with Gasteiger partial charge in [-0.25, -0.2) is 4.79 Å². The maximum atomic E-state index is 12.9. The summed E-state index contributed by atoms with van der Waals surface area (Å²) < 4.78 is 7.13. The minimum atomic E-state index is -0.723. The number of carbonyl (C=O) groups excluding carboxylic acids is 1. The zero-order valence-corrected chi connectivity index (χ0v) is 18.9. The maximum absolute atomic E-state index is 12.9. The molecule has 0 radical (unpaired) electrons. The van der Waals surface area contributed by atoms with E-state index >= 15 is 0 Å². The molecule has 1 aliphatic rings. The van der Waals surface area contributed by atoms with E-state index in [0.717, 1.165) is 39.7 Å². The molecule has 0 fully saturated rings. The van der Waals surface area contributed by atoms with Crippen LogP contribution in [0.3, 0.4) is 0 Å². The molecule has 1 unspecified atom stereocenters. The van der Waals surface area contributed by atoms with Crippen molar-refractivity contribution in [3.05, 3.63) is 107 Å². The lowest BCUT2D eigenvalue weighted by Gasteiger charge is -2.15. The topological polar surface area (TPSA) is 93.4 Å². The van der Waals surface area contributed by atoms with E-state index in [9.17, 15) is 4.79 Å². The molecule has 5 rings (SSSR count). The van der Waals surface area contributed by atoms with Gasteiger partial charge in [0.05, 0.1) is 18.5 Å². The molecule has 170 valence electrons. The number of urea groups is 1. The fraction of sp³-hybridized carbons (Fsp3) is 0.154. The summed E-state index contributed by atoms with van der Waals surface area (Å²) in [5.74, 6) is 2.04. The predicted octanol–water partition coefficient (Wildman–Crippen LogP) is 3.93. The van der Waals surface area contributed by atoms with Crippen molar-refractivity contribution < 1.29 is 9.53 Å². The molecule has 1 aliphatic heterocycles. The molecule has 34 heavy (non-hydrogen) atoms. The van der Waals surface area contributed by atoms with Crippen molar-refractivity contribution >= 4 is 11.7 Å². The van der Waals surface area contributed by atoms with Crippen molar-refractivity contribution in [3.63, 3.8) is 0 Å². The van der Waals surface area contributed by atoms with Crippen LogP contribution in [0.25, 0.3) is 5.69 Å². The van der Waals surface area contributed by atoms with Crippen molar-refractivity contribution in [2.75, 3.05) is 7.11 Å². The SMILES string of the molecule is COc1ccc(CNC(=O)NC2N=C(c3ccccc3)c3ccccc3-n3c(C)nnc32)cc1. The first-order chi connectivity index (χ1) is 16.6. The quantitative estimate of drug-likeness (QED) is 0.480. The minimum absolute atomic E-state index is 0.352. The molecule has 3 aromatic carbocycles. The number of hydrogen-bond donors (Lipinski definition) is 2. The summed E-state index contributed by atoms with van der Waals surface area (Å²) in [5.41, 5.74) is 4.56. The van der Waals surface area contributed by atoms with E-state index < -0.39 is 6.17 Å². The smallest absolute Gasteiger partial charge is 0.317 e. The Bertz CT molecular complexity index is 1350. The number of nitrogens with zero attached hydrogens (tertiary/aromatic N) is 4. The molecular formula is C26H24N6O2. The Morgan fingerprint density at radius 2 is 1.71 bits per heavy atom. The lowest BCUT2D eigenvalue weighted by molar-refractivity contribution is 0.236. The van der Waals surface area contributed by atoms with Gasteiger partial charge in [-0.2, -0.15) is 0 Å². The number of nitrogens with one attached hydrogen (secondary N) is 2. The van der Waals surface area contributed by atoms with Crippen molar-refractivity contribution in [2.45, 2.75) is 19.6 Å². The number of fused-ring (bicyclic) bond motifs is 3. The van der Waals surface area contributed by atoms with Crippen LogP contribution in [0.2, 0.25) is 0 Å². The summed E-state index contributed by atoms with van der Waals surface area (Å²) in [6, 6.07) is 25.1. The maximum Gasteiger partial charge on any atom is 0.317 e. The molecule has 1 aromatic heterocycles. The van der Waals surface area contributed by atoms with Gasteiger partial charge < -0.3 is 15.4 Å². The van der Waals surface area contributed by atoms with Gasteiger partial charge in [-0.1, -0.05) is 60.7 Å². The fourth-order valence-electron chi connectivity index (χ4n) is 4.00. The van der Waals surface area contributed by atoms with Crippen molar-refractivity contribution in [3.8, 4) is 11.4 Å². The third-order valence-corrected chi connectivity index (χ3v) is 5.68. The van der Waals surface area contributed by atoms with Crippen LogP contribution >= 0.6 is 0 Å². The third-order valence-electron chi connectivity index (χ3n) is 5.68. The lowest BCUT2D eigenvalue weighted by atomic mass is 10.0. The summed E-state index contributed by atoms with van der Waals surface area (Å²) in [7, 11) is 1.62. The second-order valence-electron chi connectivity index (χ2n) is 7.88. The highest BCUT2D eigenvalue weighted by atomic mass is 16.5. The number of carbonyl (C=O) groups is 1. The fourth-order valence-corrected chi connectivity index (χ4v) is 4.00. The van der Waals surface area contributed by atoms with Crippen LogP contribution in [0.4, 0.5) is 4.79 Å². The molecule has 4 aromatic rings. The summed E-state index contributed by atoms with van der Waals surface area (Å²) in [6.07, 6.45) is -0.723. The van der Waals surface area contributed by atoms with Crippen LogP contribution in [0.15, 0.2) is 83.9 Å². The molecule has 1 atom stereocenters. The van der Waals surface area contributed by atoms with Crippen molar-refractivity contribution in [1.82, 2.24) is 25.4 Å². The first-order valence-corrected chi connectivity index (χ1v) is 11.0. The molecular weight excluding hydrogens is 428 g/mol. The Balaban J connectivity index is 1.47. The van der Waals surface area contributed by atoms with Gasteiger partial charge in [0.25, 0.3) is 0 Å². The third kappa shape index (κ3) is 4.13. The molecule has 8 heteroatoms. The Labute approximate surface area is 197 Å². The number of amides is 2. The first-order valence-electron chi connectivity index (χ1n) is 11.0. The Hall–Kier alpha value is -4.46. The highest BCUT2D eigenvalue weighted by Crippen LogP contribution is 2.29. The Morgan fingerprint density at radius 3 is 2.47 bits per heavy atom. The number of ether oxygens (including phenoxy) is 1. The van der Waals surface area contributed by atoms with Crippen LogP contribution in [0.5, 0.6) is 5.75 Å². The number of rotatable bonds is 5. The summed E-state index contributed by atoms with van der Waals surface area (Å²) >= 11 is 0. The number of hydrogen-bond acceptors (Lipinski definition) is 5. The second-order valence-corrected chi connectivity index (χ2v) is 7.88. The van der Waals surface area contributed by atoms with Gasteiger partial charge in [-0.05, 0) is 30.7 Å². The number of para-hydroxylation sites is 1. The van der Waals surface area contributed by atoms with E-state index in [1.54, 1.807) is 7.11 Å². The zero-order chi connectivity index (χ0) is 23.5. The zero-order valence-electron chi connectivity index (χ0n) is 18.9. The number of aryl methyl sites for hydroxylation is 1. The molecule has 2 heterocycles. The molecule has 2 amide bonds. The monoisotopic (exact) mass is 452 g/mol. The molecule has 0 saturated carbocycles. The number of benzene rings is 3. The van der Waals surface area contributed by atoms with Crippen LogP contribution < -0.4 is 15.4 Å². The first kappa shape index (κ1) is 21.4. The van der Waals surface area contributed by atoms with Crippen molar-refractivity contribution in [2.24, 2.45) is 4.99 Å². The molecule has 0 aliphatic carbocycles. The predicted molar refractivity (Wildman–Crippen MR) is 129 cm³/mol. The molecule has 2 N–H and O–H groups in total. The highest BCUT2D eigenvalue weighted by molar-refractivity contribution is 6.15.